The highest BCUT2D eigenvalue weighted by molar-refractivity contribution is 6.31. The summed E-state index contributed by atoms with van der Waals surface area (Å²) >= 11 is 6.15. The molecule has 0 spiro atoms. The summed E-state index contributed by atoms with van der Waals surface area (Å²) in [5, 5.41) is 0.757. The molecule has 0 bridgehead atoms. The lowest BCUT2D eigenvalue weighted by Gasteiger charge is -2.28. The fraction of sp³-hybridized carbons (Fsp3) is 0.615. The first-order valence-electron chi connectivity index (χ1n) is 6.34. The molecule has 0 radical (unpaired) electrons. The summed E-state index contributed by atoms with van der Waals surface area (Å²) in [5.74, 6) is 0. The highest BCUT2D eigenvalue weighted by Crippen LogP contribution is 2.26. The van der Waals surface area contributed by atoms with E-state index >= 15 is 0 Å². The molecule has 0 amide bonds. The molecule has 94 valence electrons. The molecule has 0 unspecified atom stereocenters. The van der Waals surface area contributed by atoms with Crippen LogP contribution in [0.4, 0.5) is 0 Å². The molecular weight excluding hydrogens is 234 g/mol. The van der Waals surface area contributed by atoms with E-state index in [0.717, 1.165) is 23.7 Å². The van der Waals surface area contributed by atoms with Gasteiger partial charge in [0, 0.05) is 38.1 Å². The van der Waals surface area contributed by atoms with E-state index in [-0.39, 0.29) is 0 Å². The van der Waals surface area contributed by atoms with Gasteiger partial charge in [-0.2, -0.15) is 0 Å². The van der Waals surface area contributed by atoms with Gasteiger partial charge in [0.25, 0.3) is 0 Å². The Kier molecular flexibility index (Phi) is 4.77. The van der Waals surface area contributed by atoms with Crippen molar-refractivity contribution in [3.63, 3.8) is 0 Å². The van der Waals surface area contributed by atoms with Crippen molar-refractivity contribution in [3.05, 3.63) is 29.0 Å². The van der Waals surface area contributed by atoms with Crippen molar-refractivity contribution >= 4 is 11.6 Å². The second-order valence-corrected chi connectivity index (χ2v) is 5.07. The van der Waals surface area contributed by atoms with Gasteiger partial charge in [0.1, 0.15) is 0 Å². The highest BCUT2D eigenvalue weighted by Gasteiger charge is 2.22. The number of aromatic nitrogens is 1. The minimum Gasteiger partial charge on any atom is -0.329 e. The van der Waals surface area contributed by atoms with Gasteiger partial charge in [-0.3, -0.25) is 9.88 Å². The van der Waals surface area contributed by atoms with Crippen LogP contribution in [0.25, 0.3) is 0 Å². The predicted octanol–water partition coefficient (Wildman–Crippen LogP) is 2.44. The van der Waals surface area contributed by atoms with Gasteiger partial charge in [0.2, 0.25) is 0 Å². The minimum absolute atomic E-state index is 0.683. The zero-order valence-corrected chi connectivity index (χ0v) is 10.9. The first-order chi connectivity index (χ1) is 8.31. The third-order valence-corrected chi connectivity index (χ3v) is 3.83. The van der Waals surface area contributed by atoms with Crippen LogP contribution in [0.3, 0.4) is 0 Å². The van der Waals surface area contributed by atoms with Gasteiger partial charge in [0.15, 0.2) is 0 Å². The van der Waals surface area contributed by atoms with Gasteiger partial charge in [-0.15, -0.1) is 0 Å². The second kappa shape index (κ2) is 6.34. The summed E-state index contributed by atoms with van der Waals surface area (Å²) in [6.07, 6.45) is 8.79. The van der Waals surface area contributed by atoms with Crippen LogP contribution in [-0.2, 0) is 6.54 Å². The largest absolute Gasteiger partial charge is 0.329 e. The summed E-state index contributed by atoms with van der Waals surface area (Å²) in [6.45, 7) is 2.55. The maximum absolute atomic E-state index is 6.15. The molecule has 17 heavy (non-hydrogen) atoms. The quantitative estimate of drug-likeness (QED) is 0.877. The fourth-order valence-electron chi connectivity index (χ4n) is 2.58. The van der Waals surface area contributed by atoms with E-state index in [2.05, 4.69) is 9.88 Å². The van der Waals surface area contributed by atoms with Crippen LogP contribution in [0.1, 0.15) is 31.2 Å². The number of nitrogens with zero attached hydrogens (tertiary/aromatic N) is 2. The molecule has 1 aromatic heterocycles. The molecule has 0 aliphatic heterocycles. The van der Waals surface area contributed by atoms with E-state index in [0.29, 0.717) is 12.6 Å². The van der Waals surface area contributed by atoms with Crippen molar-refractivity contribution in [2.24, 2.45) is 5.73 Å². The van der Waals surface area contributed by atoms with Gasteiger partial charge in [-0.25, -0.2) is 0 Å². The molecule has 1 fully saturated rings. The summed E-state index contributed by atoms with van der Waals surface area (Å²) in [7, 11) is 0. The molecule has 1 heterocycles. The van der Waals surface area contributed by atoms with E-state index < -0.39 is 0 Å². The fourth-order valence-corrected chi connectivity index (χ4v) is 2.76. The van der Waals surface area contributed by atoms with Crippen LogP contribution in [0.5, 0.6) is 0 Å². The third kappa shape index (κ3) is 3.41. The second-order valence-electron chi connectivity index (χ2n) is 4.66. The van der Waals surface area contributed by atoms with Crippen molar-refractivity contribution in [1.82, 2.24) is 9.88 Å². The van der Waals surface area contributed by atoms with Gasteiger partial charge in [-0.1, -0.05) is 24.4 Å². The molecule has 4 heteroatoms. The summed E-state index contributed by atoms with van der Waals surface area (Å²) < 4.78 is 0. The number of nitrogens with two attached hydrogens (primary N) is 1. The highest BCUT2D eigenvalue weighted by atomic mass is 35.5. The topological polar surface area (TPSA) is 42.1 Å². The normalized spacial score (nSPS) is 16.9. The Hall–Kier alpha value is -0.640. The first kappa shape index (κ1) is 12.8. The molecular formula is C13H20ClN3. The summed E-state index contributed by atoms with van der Waals surface area (Å²) in [5.41, 5.74) is 6.86. The number of halogens is 1. The average molecular weight is 254 g/mol. The van der Waals surface area contributed by atoms with Crippen molar-refractivity contribution in [1.29, 1.82) is 0 Å². The van der Waals surface area contributed by atoms with Crippen LogP contribution >= 0.6 is 11.6 Å². The summed E-state index contributed by atoms with van der Waals surface area (Å²) in [4.78, 5) is 6.49. The molecule has 0 saturated heterocycles. The number of rotatable bonds is 5. The molecule has 2 N–H and O–H groups in total. The zero-order chi connectivity index (χ0) is 12.1. The van der Waals surface area contributed by atoms with E-state index in [9.17, 15) is 0 Å². The van der Waals surface area contributed by atoms with E-state index in [1.807, 2.05) is 6.07 Å². The molecule has 1 aromatic rings. The molecule has 1 aliphatic carbocycles. The standard InChI is InChI=1S/C13H20ClN3/c14-13-9-16-7-5-11(13)10-17(8-6-15)12-3-1-2-4-12/h5,7,9,12H,1-4,6,8,10,15H2. The Bertz CT molecular complexity index is 350. The van der Waals surface area contributed by atoms with E-state index in [1.54, 1.807) is 12.4 Å². The molecule has 3 nitrogen and oxygen atoms in total. The van der Waals surface area contributed by atoms with Gasteiger partial charge < -0.3 is 5.73 Å². The maximum atomic E-state index is 6.15. The van der Waals surface area contributed by atoms with E-state index in [1.165, 1.54) is 25.7 Å². The summed E-state index contributed by atoms with van der Waals surface area (Å²) in [6, 6.07) is 2.68. The lowest BCUT2D eigenvalue weighted by molar-refractivity contribution is 0.195. The Labute approximate surface area is 108 Å². The molecule has 0 aromatic carbocycles. The van der Waals surface area contributed by atoms with Crippen LogP contribution in [0, 0.1) is 0 Å². The average Bonchev–Trinajstić information content (AvgIpc) is 2.85. The number of hydrogen-bond donors (Lipinski definition) is 1. The molecule has 2 rings (SSSR count). The SMILES string of the molecule is NCCN(Cc1ccncc1Cl)C1CCCC1. The Balaban J connectivity index is 2.04. The predicted molar refractivity (Wildman–Crippen MR) is 71.0 cm³/mol. The number of pyridine rings is 1. The van der Waals surface area contributed by atoms with Gasteiger partial charge >= 0.3 is 0 Å². The van der Waals surface area contributed by atoms with Gasteiger partial charge in [-0.05, 0) is 24.5 Å². The van der Waals surface area contributed by atoms with Crippen molar-refractivity contribution in [2.75, 3.05) is 13.1 Å². The minimum atomic E-state index is 0.683. The molecule has 0 atom stereocenters. The number of hydrogen-bond acceptors (Lipinski definition) is 3. The van der Waals surface area contributed by atoms with Crippen LogP contribution < -0.4 is 5.73 Å². The lowest BCUT2D eigenvalue weighted by atomic mass is 10.1. The third-order valence-electron chi connectivity index (χ3n) is 3.49. The van der Waals surface area contributed by atoms with Crippen molar-refractivity contribution in [3.8, 4) is 0 Å². The van der Waals surface area contributed by atoms with Crippen LogP contribution in [0.15, 0.2) is 18.5 Å². The molecule has 1 saturated carbocycles. The van der Waals surface area contributed by atoms with Crippen LogP contribution in [0.2, 0.25) is 5.02 Å². The van der Waals surface area contributed by atoms with E-state index in [4.69, 9.17) is 17.3 Å². The van der Waals surface area contributed by atoms with Crippen molar-refractivity contribution in [2.45, 2.75) is 38.3 Å². The first-order valence-corrected chi connectivity index (χ1v) is 6.71. The smallest absolute Gasteiger partial charge is 0.0634 e. The van der Waals surface area contributed by atoms with Gasteiger partial charge in [0.05, 0.1) is 5.02 Å². The lowest BCUT2D eigenvalue weighted by Crippen LogP contribution is -2.36. The molecule has 1 aliphatic rings. The monoisotopic (exact) mass is 253 g/mol. The Morgan fingerprint density at radius 2 is 2.18 bits per heavy atom. The zero-order valence-electron chi connectivity index (χ0n) is 10.1. The Morgan fingerprint density at radius 3 is 2.82 bits per heavy atom. The Morgan fingerprint density at radius 1 is 1.41 bits per heavy atom. The van der Waals surface area contributed by atoms with Crippen LogP contribution in [-0.4, -0.2) is 29.0 Å². The maximum Gasteiger partial charge on any atom is 0.0634 e. The van der Waals surface area contributed by atoms with Crippen molar-refractivity contribution < 1.29 is 0 Å².